The number of hydrogen-bond donors (Lipinski definition) is 1. The minimum absolute atomic E-state index is 0.251. The minimum atomic E-state index is -1.99. The Hall–Kier alpha value is -2.88. The molecule has 1 aromatic carbocycles. The molecule has 154 valence electrons. The van der Waals surface area contributed by atoms with Crippen LogP contribution in [0.2, 0.25) is 0 Å². The largest absolute Gasteiger partial charge is 0.463 e. The van der Waals surface area contributed by atoms with Gasteiger partial charge in [0.05, 0.1) is 0 Å². The third-order valence-electron chi connectivity index (χ3n) is 3.76. The van der Waals surface area contributed by atoms with E-state index in [4.69, 9.17) is 29.4 Å². The van der Waals surface area contributed by atoms with Crippen LogP contribution in [0.4, 0.5) is 10.1 Å². The lowest BCUT2D eigenvalue weighted by Gasteiger charge is -2.41. The molecule has 0 saturated carbocycles. The Balaban J connectivity index is 2.28. The summed E-state index contributed by atoms with van der Waals surface area (Å²) in [6.45, 7) is 3.01. The highest BCUT2D eigenvalue weighted by Crippen LogP contribution is 2.30. The van der Waals surface area contributed by atoms with Crippen molar-refractivity contribution in [3.63, 3.8) is 0 Å². The van der Waals surface area contributed by atoms with E-state index in [1.54, 1.807) is 12.1 Å². The third-order valence-corrected chi connectivity index (χ3v) is 3.76. The van der Waals surface area contributed by atoms with Crippen molar-refractivity contribution in [1.82, 2.24) is 0 Å². The molecule has 0 unspecified atom stereocenters. The highest BCUT2D eigenvalue weighted by molar-refractivity contribution is 5.67. The van der Waals surface area contributed by atoms with E-state index in [9.17, 15) is 14.4 Å². The summed E-state index contributed by atoms with van der Waals surface area (Å²) in [6.07, 6.45) is -7.47. The first kappa shape index (κ1) is 21.4. The molecule has 1 saturated heterocycles. The van der Waals surface area contributed by atoms with Gasteiger partial charge in [0, 0.05) is 26.5 Å². The maximum Gasteiger partial charge on any atom is 0.303 e. The van der Waals surface area contributed by atoms with Gasteiger partial charge in [0.15, 0.2) is 12.2 Å². The molecule has 0 aliphatic carbocycles. The Morgan fingerprint density at radius 1 is 1.00 bits per heavy atom. The molecule has 0 amide bonds. The molecule has 1 aromatic rings. The predicted octanol–water partition coefficient (Wildman–Crippen LogP) is 1.14. The van der Waals surface area contributed by atoms with Crippen LogP contribution in [0.1, 0.15) is 20.8 Å². The van der Waals surface area contributed by atoms with E-state index in [2.05, 4.69) is 0 Å². The number of hydrogen-bond acceptors (Lipinski definition) is 9. The van der Waals surface area contributed by atoms with Crippen molar-refractivity contribution in [2.45, 2.75) is 51.5 Å². The van der Waals surface area contributed by atoms with E-state index in [1.807, 2.05) is 0 Å². The normalized spacial score (nSPS) is 26.8. The molecule has 28 heavy (non-hydrogen) atoms. The molecule has 10 heteroatoms. The van der Waals surface area contributed by atoms with Crippen LogP contribution in [-0.2, 0) is 33.3 Å². The predicted molar refractivity (Wildman–Crippen MR) is 92.8 cm³/mol. The van der Waals surface area contributed by atoms with Crippen molar-refractivity contribution in [2.24, 2.45) is 0 Å². The fourth-order valence-electron chi connectivity index (χ4n) is 2.64. The van der Waals surface area contributed by atoms with Crippen LogP contribution in [-0.4, -0.2) is 55.3 Å². The summed E-state index contributed by atoms with van der Waals surface area (Å²) in [5.41, 5.74) is 6.08. The summed E-state index contributed by atoms with van der Waals surface area (Å²) in [5.74, 6) is -1.90. The lowest BCUT2D eigenvalue weighted by atomic mass is 9.99. The Labute approximate surface area is 160 Å². The van der Waals surface area contributed by atoms with Crippen LogP contribution in [0.3, 0.4) is 0 Å². The Bertz CT molecular complexity index is 710. The number of ether oxygens (including phenoxy) is 5. The number of halogens is 1. The van der Waals surface area contributed by atoms with Gasteiger partial charge in [-0.2, -0.15) is 0 Å². The summed E-state index contributed by atoms with van der Waals surface area (Å²) < 4.78 is 41.1. The average Bonchev–Trinajstić information content (AvgIpc) is 2.60. The smallest absolute Gasteiger partial charge is 0.303 e. The van der Waals surface area contributed by atoms with Crippen molar-refractivity contribution >= 4 is 23.6 Å². The molecule has 9 nitrogen and oxygen atoms in total. The molecular weight excluding hydrogens is 377 g/mol. The lowest BCUT2D eigenvalue weighted by molar-refractivity contribution is -0.271. The number of benzene rings is 1. The average molecular weight is 399 g/mol. The van der Waals surface area contributed by atoms with Crippen molar-refractivity contribution in [2.75, 3.05) is 12.3 Å². The zero-order valence-electron chi connectivity index (χ0n) is 15.6. The fourth-order valence-corrected chi connectivity index (χ4v) is 2.64. The third kappa shape index (κ3) is 5.81. The summed E-state index contributed by atoms with van der Waals surface area (Å²) in [5, 5.41) is 0. The number of carbonyl (C=O) groups excluding carboxylic acids is 3. The van der Waals surface area contributed by atoms with Gasteiger partial charge >= 0.3 is 17.9 Å². The molecule has 1 fully saturated rings. The number of nitrogens with two attached hydrogens (primary N) is 1. The first-order valence-corrected chi connectivity index (χ1v) is 8.47. The number of nitrogen functional groups attached to an aromatic ring is 1. The van der Waals surface area contributed by atoms with Gasteiger partial charge in [0.25, 0.3) is 0 Å². The van der Waals surface area contributed by atoms with Crippen LogP contribution in [0, 0.1) is 0 Å². The van der Waals surface area contributed by atoms with Crippen LogP contribution in [0.5, 0.6) is 5.75 Å². The van der Waals surface area contributed by atoms with Gasteiger partial charge in [0.2, 0.25) is 12.5 Å². The molecule has 1 heterocycles. The number of rotatable bonds is 6. The van der Waals surface area contributed by atoms with Crippen molar-refractivity contribution in [1.29, 1.82) is 0 Å². The number of carbonyl (C=O) groups is 3. The van der Waals surface area contributed by atoms with E-state index in [1.165, 1.54) is 19.1 Å². The minimum Gasteiger partial charge on any atom is -0.463 e. The first-order valence-electron chi connectivity index (χ1n) is 8.47. The number of anilines is 1. The zero-order valence-corrected chi connectivity index (χ0v) is 15.6. The van der Waals surface area contributed by atoms with Crippen LogP contribution in [0.25, 0.3) is 0 Å². The van der Waals surface area contributed by atoms with Crippen LogP contribution in [0.15, 0.2) is 24.3 Å². The SMILES string of the molecule is CC(=O)OC[C@H]1O[C@@H](Oc2ccc(N)cc2)[C@H](F)[C@@H](OC(C)=O)[C@@H]1OC(C)=O. The summed E-state index contributed by atoms with van der Waals surface area (Å²) in [7, 11) is 0. The van der Waals surface area contributed by atoms with E-state index >= 15 is 4.39 Å². The van der Waals surface area contributed by atoms with Gasteiger partial charge in [-0.15, -0.1) is 0 Å². The monoisotopic (exact) mass is 399 g/mol. The van der Waals surface area contributed by atoms with E-state index in [-0.39, 0.29) is 12.4 Å². The van der Waals surface area contributed by atoms with Gasteiger partial charge in [-0.25, -0.2) is 4.39 Å². The van der Waals surface area contributed by atoms with Gasteiger partial charge in [-0.05, 0) is 24.3 Å². The molecule has 0 aromatic heterocycles. The van der Waals surface area contributed by atoms with Gasteiger partial charge in [-0.1, -0.05) is 0 Å². The lowest BCUT2D eigenvalue weighted by Crippen LogP contribution is -2.61. The second-order valence-electron chi connectivity index (χ2n) is 6.12. The highest BCUT2D eigenvalue weighted by atomic mass is 19.1. The van der Waals surface area contributed by atoms with E-state index in [0.717, 1.165) is 13.8 Å². The molecule has 1 aliphatic rings. The number of alkyl halides is 1. The van der Waals surface area contributed by atoms with E-state index < -0.39 is 48.7 Å². The van der Waals surface area contributed by atoms with Crippen LogP contribution < -0.4 is 10.5 Å². The molecular formula is C18H22FNO8. The molecule has 0 spiro atoms. The van der Waals surface area contributed by atoms with Crippen molar-refractivity contribution in [3.8, 4) is 5.75 Å². The molecule has 1 aliphatic heterocycles. The maximum absolute atomic E-state index is 15.1. The summed E-state index contributed by atoms with van der Waals surface area (Å²) >= 11 is 0. The molecule has 0 radical (unpaired) electrons. The number of esters is 3. The van der Waals surface area contributed by atoms with Gasteiger partial charge < -0.3 is 29.4 Å². The highest BCUT2D eigenvalue weighted by Gasteiger charge is 2.52. The molecule has 0 bridgehead atoms. The topological polar surface area (TPSA) is 123 Å². The Morgan fingerprint density at radius 3 is 2.11 bits per heavy atom. The van der Waals surface area contributed by atoms with Gasteiger partial charge in [-0.3, -0.25) is 14.4 Å². The first-order chi connectivity index (χ1) is 13.2. The van der Waals surface area contributed by atoms with Crippen molar-refractivity contribution in [3.05, 3.63) is 24.3 Å². The molecule has 2 rings (SSSR count). The summed E-state index contributed by atoms with van der Waals surface area (Å²) in [4.78, 5) is 34.1. The molecule has 5 atom stereocenters. The standard InChI is InChI=1S/C18H22FNO8/c1-9(21)24-8-14-16(25-10(2)22)17(26-11(3)23)15(19)18(28-14)27-13-6-4-12(20)5-7-13/h4-7,14-18H,8,20H2,1-3H3/t14-,15-,16-,17-,18-/m1/s1. The zero-order chi connectivity index (χ0) is 20.8. The van der Waals surface area contributed by atoms with Gasteiger partial charge in [0.1, 0.15) is 18.5 Å². The Morgan fingerprint density at radius 2 is 1.57 bits per heavy atom. The van der Waals surface area contributed by atoms with Crippen LogP contribution >= 0.6 is 0 Å². The summed E-state index contributed by atoms with van der Waals surface area (Å²) in [6, 6.07) is 6.11. The Kier molecular flexibility index (Phi) is 7.16. The van der Waals surface area contributed by atoms with E-state index in [0.29, 0.717) is 5.69 Å². The molecule has 2 N–H and O–H groups in total. The fraction of sp³-hybridized carbons (Fsp3) is 0.500. The second kappa shape index (κ2) is 9.36. The quantitative estimate of drug-likeness (QED) is 0.426. The van der Waals surface area contributed by atoms with Crippen molar-refractivity contribution < 1.29 is 42.5 Å². The maximum atomic E-state index is 15.1. The second-order valence-corrected chi connectivity index (χ2v) is 6.12.